The van der Waals surface area contributed by atoms with Crippen LogP contribution in [-0.2, 0) is 17.8 Å². The Bertz CT molecular complexity index is 518. The minimum absolute atomic E-state index is 0.0322. The zero-order chi connectivity index (χ0) is 13.9. The van der Waals surface area contributed by atoms with Crippen molar-refractivity contribution in [1.82, 2.24) is 4.90 Å². The molecule has 0 bridgehead atoms. The number of hydrogen-bond donors (Lipinski definition) is 1. The van der Waals surface area contributed by atoms with Crippen molar-refractivity contribution in [3.63, 3.8) is 0 Å². The van der Waals surface area contributed by atoms with Gasteiger partial charge in [0.15, 0.2) is 0 Å². The maximum Gasteiger partial charge on any atom is 0.246 e. The van der Waals surface area contributed by atoms with Gasteiger partial charge in [0.2, 0.25) is 5.91 Å². The average molecular weight is 270 g/mol. The van der Waals surface area contributed by atoms with Crippen LogP contribution in [0.2, 0.25) is 0 Å². The van der Waals surface area contributed by atoms with Crippen molar-refractivity contribution in [2.45, 2.75) is 44.7 Å². The summed E-state index contributed by atoms with van der Waals surface area (Å²) in [5.74, 6) is 0.0322. The third-order valence-electron chi connectivity index (χ3n) is 4.43. The summed E-state index contributed by atoms with van der Waals surface area (Å²) in [6, 6.07) is 7.24. The number of anilines is 1. The Morgan fingerprint density at radius 1 is 1.30 bits per heavy atom. The van der Waals surface area contributed by atoms with Crippen LogP contribution in [0.1, 0.15) is 36.8 Å². The van der Waals surface area contributed by atoms with Gasteiger partial charge in [-0.1, -0.05) is 25.5 Å². The number of carbonyl (C=O) groups excluding carboxylic acids is 1. The van der Waals surface area contributed by atoms with Crippen molar-refractivity contribution in [3.05, 3.63) is 42.0 Å². The Hall–Kier alpha value is -1.77. The van der Waals surface area contributed by atoms with Crippen LogP contribution >= 0.6 is 0 Å². The summed E-state index contributed by atoms with van der Waals surface area (Å²) in [5.41, 5.74) is 3.84. The monoisotopic (exact) mass is 270 g/mol. The molecular formula is C17H22N2O. The van der Waals surface area contributed by atoms with E-state index in [9.17, 15) is 4.79 Å². The first-order chi connectivity index (χ1) is 9.76. The van der Waals surface area contributed by atoms with E-state index >= 15 is 0 Å². The molecule has 0 atom stereocenters. The molecule has 1 N–H and O–H groups in total. The zero-order valence-corrected chi connectivity index (χ0v) is 11.9. The van der Waals surface area contributed by atoms with Crippen molar-refractivity contribution in [1.29, 1.82) is 0 Å². The van der Waals surface area contributed by atoms with Gasteiger partial charge < -0.3 is 10.2 Å². The Morgan fingerprint density at radius 3 is 2.85 bits per heavy atom. The SMILES string of the molecule is C=CC(=O)N1CCc2ccc(NC3CCCC3)cc2C1. The molecule has 3 heteroatoms. The summed E-state index contributed by atoms with van der Waals surface area (Å²) in [4.78, 5) is 13.6. The first kappa shape index (κ1) is 13.2. The predicted octanol–water partition coefficient (Wildman–Crippen LogP) is 3.11. The van der Waals surface area contributed by atoms with Gasteiger partial charge in [0.1, 0.15) is 0 Å². The van der Waals surface area contributed by atoms with Gasteiger partial charge in [0.05, 0.1) is 0 Å². The predicted molar refractivity (Wildman–Crippen MR) is 81.6 cm³/mol. The lowest BCUT2D eigenvalue weighted by atomic mass is 9.98. The van der Waals surface area contributed by atoms with Crippen LogP contribution < -0.4 is 5.32 Å². The molecule has 20 heavy (non-hydrogen) atoms. The second-order valence-electron chi connectivity index (χ2n) is 5.82. The molecule has 3 rings (SSSR count). The van der Waals surface area contributed by atoms with E-state index in [0.29, 0.717) is 12.6 Å². The lowest BCUT2D eigenvalue weighted by molar-refractivity contribution is -0.126. The average Bonchev–Trinajstić information content (AvgIpc) is 2.98. The van der Waals surface area contributed by atoms with Crippen molar-refractivity contribution in [2.75, 3.05) is 11.9 Å². The molecule has 0 saturated heterocycles. The van der Waals surface area contributed by atoms with E-state index in [1.54, 1.807) is 0 Å². The Kier molecular flexibility index (Phi) is 3.77. The molecule has 0 unspecified atom stereocenters. The minimum atomic E-state index is 0.0322. The maximum absolute atomic E-state index is 11.7. The molecule has 0 radical (unpaired) electrons. The largest absolute Gasteiger partial charge is 0.382 e. The van der Waals surface area contributed by atoms with E-state index in [1.807, 2.05) is 4.90 Å². The van der Waals surface area contributed by atoms with Gasteiger partial charge in [-0.05, 0) is 48.6 Å². The lowest BCUT2D eigenvalue weighted by Gasteiger charge is -2.28. The van der Waals surface area contributed by atoms with Crippen LogP contribution in [0, 0.1) is 0 Å². The number of carbonyl (C=O) groups is 1. The third kappa shape index (κ3) is 2.72. The summed E-state index contributed by atoms with van der Waals surface area (Å²) in [7, 11) is 0. The van der Waals surface area contributed by atoms with Crippen LogP contribution in [0.4, 0.5) is 5.69 Å². The number of nitrogens with zero attached hydrogens (tertiary/aromatic N) is 1. The van der Waals surface area contributed by atoms with Crippen LogP contribution in [-0.4, -0.2) is 23.4 Å². The summed E-state index contributed by atoms with van der Waals surface area (Å²) in [6.07, 6.45) is 7.58. The highest BCUT2D eigenvalue weighted by atomic mass is 16.2. The van der Waals surface area contributed by atoms with Crippen molar-refractivity contribution in [2.24, 2.45) is 0 Å². The van der Waals surface area contributed by atoms with E-state index in [1.165, 1.54) is 48.6 Å². The second kappa shape index (κ2) is 5.70. The Morgan fingerprint density at radius 2 is 2.10 bits per heavy atom. The fourth-order valence-electron chi connectivity index (χ4n) is 3.27. The number of hydrogen-bond acceptors (Lipinski definition) is 2. The van der Waals surface area contributed by atoms with Crippen molar-refractivity contribution in [3.8, 4) is 0 Å². The third-order valence-corrected chi connectivity index (χ3v) is 4.43. The molecule has 106 valence electrons. The van der Waals surface area contributed by atoms with E-state index in [4.69, 9.17) is 0 Å². The van der Waals surface area contributed by atoms with E-state index in [2.05, 4.69) is 30.1 Å². The molecule has 1 heterocycles. The highest BCUT2D eigenvalue weighted by Gasteiger charge is 2.20. The summed E-state index contributed by atoms with van der Waals surface area (Å²) in [6.45, 7) is 5.08. The molecule has 1 saturated carbocycles. The van der Waals surface area contributed by atoms with Crippen molar-refractivity contribution < 1.29 is 4.79 Å². The quantitative estimate of drug-likeness (QED) is 0.856. The normalized spacial score (nSPS) is 18.7. The smallest absolute Gasteiger partial charge is 0.246 e. The van der Waals surface area contributed by atoms with Gasteiger partial charge in [-0.2, -0.15) is 0 Å². The van der Waals surface area contributed by atoms with Gasteiger partial charge in [0.25, 0.3) is 0 Å². The number of benzene rings is 1. The van der Waals surface area contributed by atoms with Gasteiger partial charge in [-0.3, -0.25) is 4.79 Å². The van der Waals surface area contributed by atoms with Crippen molar-refractivity contribution >= 4 is 11.6 Å². The molecule has 2 aliphatic rings. The molecule has 1 aliphatic heterocycles. The molecule has 0 spiro atoms. The highest BCUT2D eigenvalue weighted by Crippen LogP contribution is 2.26. The number of rotatable bonds is 3. The molecule has 3 nitrogen and oxygen atoms in total. The van der Waals surface area contributed by atoms with Crippen LogP contribution in [0.3, 0.4) is 0 Å². The van der Waals surface area contributed by atoms with Gasteiger partial charge in [-0.15, -0.1) is 0 Å². The second-order valence-corrected chi connectivity index (χ2v) is 5.82. The Balaban J connectivity index is 1.74. The molecule has 1 amide bonds. The van der Waals surface area contributed by atoms with Crippen LogP contribution in [0.15, 0.2) is 30.9 Å². The molecule has 0 aromatic heterocycles. The molecule has 1 aliphatic carbocycles. The fourth-order valence-corrected chi connectivity index (χ4v) is 3.27. The van der Waals surface area contributed by atoms with E-state index in [0.717, 1.165) is 13.0 Å². The first-order valence-corrected chi connectivity index (χ1v) is 7.56. The zero-order valence-electron chi connectivity index (χ0n) is 11.9. The van der Waals surface area contributed by atoms with Crippen LogP contribution in [0.25, 0.3) is 0 Å². The van der Waals surface area contributed by atoms with E-state index < -0.39 is 0 Å². The minimum Gasteiger partial charge on any atom is -0.382 e. The summed E-state index contributed by atoms with van der Waals surface area (Å²) < 4.78 is 0. The lowest BCUT2D eigenvalue weighted by Crippen LogP contribution is -2.34. The maximum atomic E-state index is 11.7. The number of amides is 1. The molecular weight excluding hydrogens is 248 g/mol. The standard InChI is InChI=1S/C17H22N2O/c1-2-17(20)19-10-9-13-7-8-16(11-14(13)12-19)18-15-5-3-4-6-15/h2,7-8,11,15,18H,1,3-6,9-10,12H2. The molecule has 1 aromatic carbocycles. The van der Waals surface area contributed by atoms with Gasteiger partial charge in [-0.25, -0.2) is 0 Å². The van der Waals surface area contributed by atoms with E-state index in [-0.39, 0.29) is 5.91 Å². The topological polar surface area (TPSA) is 32.3 Å². The summed E-state index contributed by atoms with van der Waals surface area (Å²) >= 11 is 0. The number of nitrogens with one attached hydrogen (secondary N) is 1. The molecule has 1 fully saturated rings. The van der Waals surface area contributed by atoms with Gasteiger partial charge >= 0.3 is 0 Å². The first-order valence-electron chi connectivity index (χ1n) is 7.56. The van der Waals surface area contributed by atoms with Crippen LogP contribution in [0.5, 0.6) is 0 Å². The van der Waals surface area contributed by atoms with Gasteiger partial charge in [0, 0.05) is 24.8 Å². The summed E-state index contributed by atoms with van der Waals surface area (Å²) in [5, 5.41) is 3.63. The highest BCUT2D eigenvalue weighted by molar-refractivity contribution is 5.87. The fraction of sp³-hybridized carbons (Fsp3) is 0.471. The Labute approximate surface area is 120 Å². The molecule has 1 aromatic rings. The number of fused-ring (bicyclic) bond motifs is 1.